The second kappa shape index (κ2) is 7.41. The second-order valence-electron chi connectivity index (χ2n) is 9.09. The molecule has 2 nitrogen and oxygen atoms in total. The van der Waals surface area contributed by atoms with Gasteiger partial charge < -0.3 is 9.16 Å². The van der Waals surface area contributed by atoms with Gasteiger partial charge >= 0.3 is 0 Å². The van der Waals surface area contributed by atoms with Gasteiger partial charge in [0.15, 0.2) is 0 Å². The van der Waals surface area contributed by atoms with Crippen molar-refractivity contribution in [1.29, 1.82) is 0 Å². The normalized spacial score (nSPS) is 28.1. The zero-order valence-electron chi connectivity index (χ0n) is 17.2. The van der Waals surface area contributed by atoms with Gasteiger partial charge in [0.1, 0.15) is 0 Å². The molecule has 0 heterocycles. The molecule has 0 spiro atoms. The molecule has 3 heteroatoms. The minimum absolute atomic E-state index is 0.0231. The lowest BCUT2D eigenvalue weighted by atomic mass is 9.84. The summed E-state index contributed by atoms with van der Waals surface area (Å²) in [6.45, 7) is 25.2. The zero-order valence-corrected chi connectivity index (χ0v) is 18.2. The van der Waals surface area contributed by atoms with Crippen LogP contribution in [0.15, 0.2) is 12.2 Å². The largest absolute Gasteiger partial charge is 0.412 e. The van der Waals surface area contributed by atoms with Crippen LogP contribution in [0, 0.1) is 11.3 Å². The molecule has 0 aromatic carbocycles. The van der Waals surface area contributed by atoms with Crippen LogP contribution >= 0.6 is 0 Å². The first-order valence-electron chi connectivity index (χ1n) is 9.28. The van der Waals surface area contributed by atoms with Crippen LogP contribution in [0.2, 0.25) is 16.6 Å². The van der Waals surface area contributed by atoms with Crippen LogP contribution in [0.5, 0.6) is 0 Å². The van der Waals surface area contributed by atoms with E-state index in [0.29, 0.717) is 22.5 Å². The van der Waals surface area contributed by atoms with Crippen molar-refractivity contribution in [2.75, 3.05) is 7.11 Å². The summed E-state index contributed by atoms with van der Waals surface area (Å²) in [4.78, 5) is 0. The Balaban J connectivity index is 3.30. The molecule has 0 aromatic rings. The quantitative estimate of drug-likeness (QED) is 0.406. The Hall–Kier alpha value is -0.123. The van der Waals surface area contributed by atoms with Crippen molar-refractivity contribution >= 4 is 8.32 Å². The third kappa shape index (κ3) is 3.62. The Labute approximate surface area is 146 Å². The van der Waals surface area contributed by atoms with Crippen molar-refractivity contribution in [2.24, 2.45) is 11.3 Å². The van der Waals surface area contributed by atoms with E-state index >= 15 is 0 Å². The van der Waals surface area contributed by atoms with E-state index in [2.05, 4.69) is 68.9 Å². The highest BCUT2D eigenvalue weighted by Crippen LogP contribution is 2.52. The smallest absolute Gasteiger partial charge is 0.200 e. The van der Waals surface area contributed by atoms with Gasteiger partial charge in [-0.15, -0.1) is 0 Å². The Morgan fingerprint density at radius 3 is 1.78 bits per heavy atom. The molecule has 1 aliphatic rings. The minimum atomic E-state index is -1.91. The molecule has 0 aromatic heterocycles. The van der Waals surface area contributed by atoms with Crippen LogP contribution in [0.25, 0.3) is 0 Å². The van der Waals surface area contributed by atoms with Crippen LogP contribution in [-0.4, -0.2) is 27.6 Å². The third-order valence-electron chi connectivity index (χ3n) is 6.35. The molecule has 1 aliphatic carbocycles. The van der Waals surface area contributed by atoms with Gasteiger partial charge in [0.25, 0.3) is 0 Å². The molecule has 3 atom stereocenters. The van der Waals surface area contributed by atoms with Crippen molar-refractivity contribution in [3.63, 3.8) is 0 Å². The fourth-order valence-electron chi connectivity index (χ4n) is 5.08. The minimum Gasteiger partial charge on any atom is -0.412 e. The number of hydrogen-bond donors (Lipinski definition) is 0. The highest BCUT2D eigenvalue weighted by atomic mass is 28.4. The molecule has 1 fully saturated rings. The molecule has 0 saturated heterocycles. The molecule has 1 unspecified atom stereocenters. The first-order valence-corrected chi connectivity index (χ1v) is 11.4. The van der Waals surface area contributed by atoms with E-state index in [0.717, 1.165) is 6.42 Å². The molecule has 0 bridgehead atoms. The van der Waals surface area contributed by atoms with Gasteiger partial charge in [0.2, 0.25) is 8.32 Å². The van der Waals surface area contributed by atoms with Crippen molar-refractivity contribution in [3.05, 3.63) is 12.2 Å². The van der Waals surface area contributed by atoms with Crippen LogP contribution in [-0.2, 0) is 9.16 Å². The van der Waals surface area contributed by atoms with Crippen LogP contribution in [0.1, 0.15) is 68.7 Å². The van der Waals surface area contributed by atoms with Crippen LogP contribution in [0.4, 0.5) is 0 Å². The standard InChI is InChI=1S/C20H40O2Si/c1-13(2)17-12-18(21-11)20(9,10)19(17)22-23(14(3)4,15(5)6)16(7)8/h14-19H,1,12H2,2-11H3/t17?,18-,19-/m0/s1. The Kier molecular flexibility index (Phi) is 6.74. The van der Waals surface area contributed by atoms with E-state index in [1.807, 2.05) is 7.11 Å². The van der Waals surface area contributed by atoms with Gasteiger partial charge in [0.05, 0.1) is 12.2 Å². The molecule has 136 valence electrons. The fraction of sp³-hybridized carbons (Fsp3) is 0.900. The van der Waals surface area contributed by atoms with Crippen LogP contribution < -0.4 is 0 Å². The maximum Gasteiger partial charge on any atom is 0.200 e. The lowest BCUT2D eigenvalue weighted by Gasteiger charge is -2.48. The number of methoxy groups -OCH3 is 1. The van der Waals surface area contributed by atoms with Crippen molar-refractivity contribution in [2.45, 2.75) is 97.6 Å². The Morgan fingerprint density at radius 1 is 1.04 bits per heavy atom. The average Bonchev–Trinajstić information content (AvgIpc) is 2.65. The molecular weight excluding hydrogens is 300 g/mol. The predicted molar refractivity (Wildman–Crippen MR) is 103 cm³/mol. The second-order valence-corrected chi connectivity index (χ2v) is 14.5. The summed E-state index contributed by atoms with van der Waals surface area (Å²) in [6.07, 6.45) is 1.48. The van der Waals surface area contributed by atoms with Gasteiger partial charge in [-0.05, 0) is 30.0 Å². The summed E-state index contributed by atoms with van der Waals surface area (Å²) >= 11 is 0. The first-order chi connectivity index (χ1) is 10.4. The molecule has 0 aliphatic heterocycles. The van der Waals surface area contributed by atoms with Gasteiger partial charge in [-0.2, -0.15) is 0 Å². The molecule has 0 amide bonds. The average molecular weight is 341 g/mol. The summed E-state index contributed by atoms with van der Waals surface area (Å²) in [6, 6.07) is 0. The summed E-state index contributed by atoms with van der Waals surface area (Å²) in [5.74, 6) is 0.401. The topological polar surface area (TPSA) is 18.5 Å². The van der Waals surface area contributed by atoms with E-state index in [-0.39, 0.29) is 17.6 Å². The van der Waals surface area contributed by atoms with Gasteiger partial charge in [-0.25, -0.2) is 0 Å². The van der Waals surface area contributed by atoms with Crippen LogP contribution in [0.3, 0.4) is 0 Å². The summed E-state index contributed by atoms with van der Waals surface area (Å²) in [7, 11) is -0.0725. The molecule has 0 N–H and O–H groups in total. The molecule has 1 saturated carbocycles. The number of ether oxygens (including phenoxy) is 1. The lowest BCUT2D eigenvalue weighted by molar-refractivity contribution is -0.0212. The zero-order chi connectivity index (χ0) is 18.2. The third-order valence-corrected chi connectivity index (χ3v) is 12.4. The van der Waals surface area contributed by atoms with Gasteiger partial charge in [-0.3, -0.25) is 0 Å². The highest BCUT2D eigenvalue weighted by molar-refractivity contribution is 6.77. The van der Waals surface area contributed by atoms with Gasteiger partial charge in [-0.1, -0.05) is 67.5 Å². The summed E-state index contributed by atoms with van der Waals surface area (Å²) in [5, 5.41) is 0. The monoisotopic (exact) mass is 340 g/mol. The summed E-state index contributed by atoms with van der Waals surface area (Å²) in [5.41, 5.74) is 3.07. The number of rotatable bonds is 7. The van der Waals surface area contributed by atoms with Crippen molar-refractivity contribution in [3.8, 4) is 0 Å². The lowest BCUT2D eigenvalue weighted by Crippen LogP contribution is -2.54. The molecule has 1 rings (SSSR count). The molecular formula is C20H40O2Si. The van der Waals surface area contributed by atoms with Crippen molar-refractivity contribution < 1.29 is 9.16 Å². The Morgan fingerprint density at radius 2 is 1.48 bits per heavy atom. The van der Waals surface area contributed by atoms with E-state index in [1.54, 1.807) is 0 Å². The Bertz CT molecular complexity index is 390. The maximum atomic E-state index is 7.20. The van der Waals surface area contributed by atoms with Crippen molar-refractivity contribution in [1.82, 2.24) is 0 Å². The van der Waals surface area contributed by atoms with E-state index in [1.165, 1.54) is 5.57 Å². The van der Waals surface area contributed by atoms with E-state index < -0.39 is 8.32 Å². The molecule has 23 heavy (non-hydrogen) atoms. The maximum absolute atomic E-state index is 7.20. The SMILES string of the molecule is C=C(C)C1C[C@H](OC)C(C)(C)[C@H]1O[Si](C(C)C)(C(C)C)C(C)C. The van der Waals surface area contributed by atoms with E-state index in [4.69, 9.17) is 9.16 Å². The fourth-order valence-corrected chi connectivity index (χ4v) is 10.8. The number of hydrogen-bond acceptors (Lipinski definition) is 2. The van der Waals surface area contributed by atoms with Gasteiger partial charge in [0, 0.05) is 18.4 Å². The summed E-state index contributed by atoms with van der Waals surface area (Å²) < 4.78 is 13.0. The first kappa shape index (κ1) is 20.9. The van der Waals surface area contributed by atoms with E-state index in [9.17, 15) is 0 Å². The highest BCUT2D eigenvalue weighted by Gasteiger charge is 2.56. The molecule has 0 radical (unpaired) electrons. The predicted octanol–water partition coefficient (Wildman–Crippen LogP) is 6.18.